The van der Waals surface area contributed by atoms with Gasteiger partial charge in [0.1, 0.15) is 24.4 Å². The van der Waals surface area contributed by atoms with Crippen molar-refractivity contribution in [2.24, 2.45) is 11.8 Å². The smallest absolute Gasteiger partial charge is 0.229 e. The summed E-state index contributed by atoms with van der Waals surface area (Å²) < 4.78 is 40.1. The number of hydrogen-bond acceptors (Lipinski definition) is 11. The summed E-state index contributed by atoms with van der Waals surface area (Å²) in [6, 6.07) is 11.1. The third kappa shape index (κ3) is 4.79. The fraction of sp³-hybridized carbons (Fsp3) is 0.556. The Kier molecular flexibility index (Phi) is 7.96. The first kappa shape index (κ1) is 26.9. The number of methoxy groups -OCH3 is 3. The molecule has 3 aliphatic rings. The number of rotatable bonds is 8. The molecule has 3 fully saturated rings. The third-order valence-electron chi connectivity index (χ3n) is 7.61. The van der Waals surface area contributed by atoms with E-state index in [1.54, 1.807) is 26.4 Å². The average Bonchev–Trinajstić information content (AvgIpc) is 3.55. The van der Waals surface area contributed by atoms with Crippen molar-refractivity contribution in [3.8, 4) is 23.0 Å². The molecule has 2 aromatic carbocycles. The third-order valence-corrected chi connectivity index (χ3v) is 7.61. The van der Waals surface area contributed by atoms with Crippen LogP contribution in [0.1, 0.15) is 23.3 Å². The number of aliphatic hydroxyl groups is 4. The van der Waals surface area contributed by atoms with Gasteiger partial charge in [-0.2, -0.15) is 0 Å². The van der Waals surface area contributed by atoms with Crippen LogP contribution < -0.4 is 18.9 Å². The summed E-state index contributed by atoms with van der Waals surface area (Å²) in [5.41, 5.74) is 1.88. The highest BCUT2D eigenvalue weighted by molar-refractivity contribution is 5.45. The van der Waals surface area contributed by atoms with E-state index in [0.29, 0.717) is 30.5 Å². The van der Waals surface area contributed by atoms with Crippen LogP contribution >= 0.6 is 0 Å². The van der Waals surface area contributed by atoms with Crippen molar-refractivity contribution in [2.45, 2.75) is 42.9 Å². The lowest BCUT2D eigenvalue weighted by atomic mass is 9.85. The number of aliphatic hydroxyl groups excluding tert-OH is 4. The molecule has 0 saturated carbocycles. The van der Waals surface area contributed by atoms with E-state index < -0.39 is 37.3 Å². The van der Waals surface area contributed by atoms with Crippen molar-refractivity contribution in [1.29, 1.82) is 0 Å². The van der Waals surface area contributed by atoms with Crippen molar-refractivity contribution < 1.29 is 53.6 Å². The maximum atomic E-state index is 10.3. The molecule has 2 aromatic rings. The Bertz CT molecular complexity index is 1110. The monoisotopic (exact) mass is 534 g/mol. The summed E-state index contributed by atoms with van der Waals surface area (Å²) in [4.78, 5) is 0. The maximum absolute atomic E-state index is 10.3. The normalized spacial score (nSPS) is 34.6. The standard InChI is InChI=1S/C27H34O11/c1-32-17-6-4-13(8-19(17)33-2)25-15-11-36-26(16(15)12-35-25)14-5-7-18(20(9-14)34-3)37-27-24(31)23(30)22(29)21(10-28)38-27/h4-9,15-16,21-31H,10-12H2,1-3H3/t15?,16?,21?,22-,23+,24?,25-,26+,27-/m1/s1. The number of fused-ring (bicyclic) bond motifs is 1. The molecule has 11 nitrogen and oxygen atoms in total. The highest BCUT2D eigenvalue weighted by atomic mass is 16.7. The van der Waals surface area contributed by atoms with Gasteiger partial charge in [-0.05, 0) is 35.4 Å². The van der Waals surface area contributed by atoms with E-state index in [9.17, 15) is 20.4 Å². The zero-order valence-corrected chi connectivity index (χ0v) is 21.4. The van der Waals surface area contributed by atoms with Gasteiger partial charge in [0.15, 0.2) is 23.0 Å². The molecule has 208 valence electrons. The lowest BCUT2D eigenvalue weighted by molar-refractivity contribution is -0.277. The highest BCUT2D eigenvalue weighted by Gasteiger charge is 2.49. The molecule has 0 aliphatic carbocycles. The van der Waals surface area contributed by atoms with E-state index in [0.717, 1.165) is 11.1 Å². The van der Waals surface area contributed by atoms with Crippen LogP contribution in [0.2, 0.25) is 0 Å². The summed E-state index contributed by atoms with van der Waals surface area (Å²) in [6.45, 7) is 0.508. The lowest BCUT2D eigenvalue weighted by Gasteiger charge is -2.39. The molecule has 4 N–H and O–H groups in total. The molecule has 3 heterocycles. The first-order chi connectivity index (χ1) is 18.4. The first-order valence-electron chi connectivity index (χ1n) is 12.5. The zero-order valence-electron chi connectivity index (χ0n) is 21.4. The van der Waals surface area contributed by atoms with Gasteiger partial charge >= 0.3 is 0 Å². The fourth-order valence-electron chi connectivity index (χ4n) is 5.51. The maximum Gasteiger partial charge on any atom is 0.229 e. The quantitative estimate of drug-likeness (QED) is 0.384. The van der Waals surface area contributed by atoms with Gasteiger partial charge in [0.05, 0.1) is 53.4 Å². The van der Waals surface area contributed by atoms with Crippen LogP contribution in [-0.4, -0.2) is 92.3 Å². The van der Waals surface area contributed by atoms with Crippen LogP contribution in [0.3, 0.4) is 0 Å². The number of ether oxygens (including phenoxy) is 7. The van der Waals surface area contributed by atoms with Gasteiger partial charge in [-0.15, -0.1) is 0 Å². The van der Waals surface area contributed by atoms with Crippen LogP contribution in [0, 0.1) is 11.8 Å². The Labute approximate surface area is 220 Å². The summed E-state index contributed by atoms with van der Waals surface area (Å²) in [5, 5.41) is 39.8. The Hall–Kier alpha value is -2.64. The summed E-state index contributed by atoms with van der Waals surface area (Å²) in [7, 11) is 4.69. The topological polar surface area (TPSA) is 146 Å². The Morgan fingerprint density at radius 2 is 1.24 bits per heavy atom. The van der Waals surface area contributed by atoms with Crippen LogP contribution in [0.15, 0.2) is 36.4 Å². The molecule has 0 aromatic heterocycles. The molecule has 0 bridgehead atoms. The van der Waals surface area contributed by atoms with E-state index >= 15 is 0 Å². The van der Waals surface area contributed by atoms with Crippen molar-refractivity contribution in [2.75, 3.05) is 41.2 Å². The van der Waals surface area contributed by atoms with Gasteiger partial charge in [-0.1, -0.05) is 12.1 Å². The van der Waals surface area contributed by atoms with Crippen LogP contribution in [-0.2, 0) is 14.2 Å². The van der Waals surface area contributed by atoms with Crippen LogP contribution in [0.5, 0.6) is 23.0 Å². The van der Waals surface area contributed by atoms with Crippen LogP contribution in [0.25, 0.3) is 0 Å². The van der Waals surface area contributed by atoms with Gasteiger partial charge in [0.2, 0.25) is 6.29 Å². The zero-order chi connectivity index (χ0) is 27.0. The molecule has 4 unspecified atom stereocenters. The van der Waals surface area contributed by atoms with E-state index in [-0.39, 0.29) is 29.8 Å². The number of hydrogen-bond donors (Lipinski definition) is 4. The summed E-state index contributed by atoms with van der Waals surface area (Å²) in [5.74, 6) is 2.21. The van der Waals surface area contributed by atoms with Crippen molar-refractivity contribution in [3.63, 3.8) is 0 Å². The predicted octanol–water partition coefficient (Wildman–Crippen LogP) is 0.966. The van der Waals surface area contributed by atoms with Crippen LogP contribution in [0.4, 0.5) is 0 Å². The average molecular weight is 535 g/mol. The first-order valence-corrected chi connectivity index (χ1v) is 12.5. The second-order valence-electron chi connectivity index (χ2n) is 9.68. The molecular weight excluding hydrogens is 500 g/mol. The van der Waals surface area contributed by atoms with E-state index in [4.69, 9.17) is 33.2 Å². The second-order valence-corrected chi connectivity index (χ2v) is 9.68. The van der Waals surface area contributed by atoms with Crippen molar-refractivity contribution in [1.82, 2.24) is 0 Å². The summed E-state index contributed by atoms with van der Waals surface area (Å²) >= 11 is 0. The lowest BCUT2D eigenvalue weighted by Crippen LogP contribution is -2.60. The minimum absolute atomic E-state index is 0.120. The van der Waals surface area contributed by atoms with Crippen molar-refractivity contribution in [3.05, 3.63) is 47.5 Å². The predicted molar refractivity (Wildman–Crippen MR) is 131 cm³/mol. The second kappa shape index (κ2) is 11.2. The molecule has 0 spiro atoms. The highest BCUT2D eigenvalue weighted by Crippen LogP contribution is 2.51. The molecule has 38 heavy (non-hydrogen) atoms. The van der Waals surface area contributed by atoms with E-state index in [1.165, 1.54) is 7.11 Å². The molecule has 0 radical (unpaired) electrons. The van der Waals surface area contributed by atoms with E-state index in [1.807, 2.05) is 24.3 Å². The molecule has 9 atom stereocenters. The molecule has 11 heteroatoms. The van der Waals surface area contributed by atoms with Gasteiger partial charge in [-0.3, -0.25) is 0 Å². The molecule has 3 aliphatic heterocycles. The molecular formula is C27H34O11. The Morgan fingerprint density at radius 3 is 1.76 bits per heavy atom. The Balaban J connectivity index is 1.31. The Morgan fingerprint density at radius 1 is 0.711 bits per heavy atom. The molecule has 0 amide bonds. The van der Waals surface area contributed by atoms with Gasteiger partial charge in [0, 0.05) is 11.8 Å². The largest absolute Gasteiger partial charge is 0.493 e. The van der Waals surface area contributed by atoms with E-state index in [2.05, 4.69) is 0 Å². The van der Waals surface area contributed by atoms with Gasteiger partial charge in [0.25, 0.3) is 0 Å². The fourth-order valence-corrected chi connectivity index (χ4v) is 5.51. The number of benzene rings is 2. The van der Waals surface area contributed by atoms with Gasteiger partial charge < -0.3 is 53.6 Å². The molecule has 5 rings (SSSR count). The SMILES string of the molecule is COc1ccc([C@H]2OCC3C2CO[C@H]3c2ccc(O[C@@H]3OC(CO)[C@@H](O)[C@H](O)C3O)c(OC)c2)cc1OC. The van der Waals surface area contributed by atoms with Crippen molar-refractivity contribution >= 4 is 0 Å². The minimum atomic E-state index is -1.54. The summed E-state index contributed by atoms with van der Waals surface area (Å²) in [6.07, 6.45) is -7.29. The minimum Gasteiger partial charge on any atom is -0.493 e. The van der Waals surface area contributed by atoms with Gasteiger partial charge in [-0.25, -0.2) is 0 Å². The molecule has 3 saturated heterocycles.